The summed E-state index contributed by atoms with van der Waals surface area (Å²) in [6.07, 6.45) is -5.04. The number of carbonyl (C=O) groups is 1. The summed E-state index contributed by atoms with van der Waals surface area (Å²) >= 11 is 0. The van der Waals surface area contributed by atoms with Gasteiger partial charge in [0.15, 0.2) is 23.5 Å². The molecule has 1 saturated heterocycles. The summed E-state index contributed by atoms with van der Waals surface area (Å²) in [5, 5.41) is 13.7. The first-order valence-electron chi connectivity index (χ1n) is 10.6. The summed E-state index contributed by atoms with van der Waals surface area (Å²) < 4.78 is 43.6. The van der Waals surface area contributed by atoms with Crippen LogP contribution < -0.4 is 16.6 Å². The number of nitrogen functional groups attached to an aromatic ring is 1. The minimum Gasteiger partial charge on any atom is -0.453 e. The summed E-state index contributed by atoms with van der Waals surface area (Å²) in [5.74, 6) is -0.919. The first kappa shape index (κ1) is 27.8. The van der Waals surface area contributed by atoms with Crippen molar-refractivity contribution in [3.8, 4) is 0 Å². The highest BCUT2D eigenvalue weighted by atomic mass is 31.3. The normalized spacial score (nSPS) is 23.3. The fourth-order valence-corrected chi connectivity index (χ4v) is 5.25. The Balaban J connectivity index is 1.66. The van der Waals surface area contributed by atoms with E-state index >= 15 is 0 Å². The maximum atomic E-state index is 12.8. The number of phosphoric acid groups is 2. The molecule has 0 saturated carbocycles. The van der Waals surface area contributed by atoms with E-state index in [0.717, 1.165) is 6.33 Å². The number of anilines is 2. The number of rotatable bonds is 9. The lowest BCUT2D eigenvalue weighted by Gasteiger charge is -2.22. The number of nitrogens with one attached hydrogen (secondary N) is 2. The van der Waals surface area contributed by atoms with E-state index in [0.29, 0.717) is 0 Å². The lowest BCUT2D eigenvalue weighted by atomic mass is 10.1. The molecule has 38 heavy (non-hydrogen) atoms. The Kier molecular flexibility index (Phi) is 7.72. The van der Waals surface area contributed by atoms with E-state index in [1.165, 1.54) is 29.8 Å². The highest BCUT2D eigenvalue weighted by molar-refractivity contribution is 7.60. The molecule has 1 fully saturated rings. The summed E-state index contributed by atoms with van der Waals surface area (Å²) in [6.45, 7) is -0.939. The molecule has 206 valence electrons. The number of nitrogens with two attached hydrogens (primary N) is 1. The molecular formula is C18H22N6O12P2. The second-order valence-electron chi connectivity index (χ2n) is 7.84. The second kappa shape index (κ2) is 10.5. The molecule has 0 aliphatic carbocycles. The molecule has 2 aromatic heterocycles. The monoisotopic (exact) mass is 576 g/mol. The zero-order valence-corrected chi connectivity index (χ0v) is 21.1. The van der Waals surface area contributed by atoms with Crippen molar-refractivity contribution in [3.05, 3.63) is 46.5 Å². The Bertz CT molecular complexity index is 1500. The summed E-state index contributed by atoms with van der Waals surface area (Å²) in [5.41, 5.74) is 5.07. The third-order valence-electron chi connectivity index (χ3n) is 5.29. The predicted octanol–water partition coefficient (Wildman–Crippen LogP) is -0.546. The molecule has 0 radical (unpaired) electrons. The molecule has 3 heterocycles. The van der Waals surface area contributed by atoms with Crippen LogP contribution in [0.1, 0.15) is 16.6 Å². The standard InChI is InChI=1S/C18H22N6O12P2/c1-20-18-22-14-11(15(26)23-18)21-7-24(14)16-12(25)13(35-17(27)8-4-2-3-5-9(8)19)10(34-16)6-33-38(31,32)36-37(28,29)30/h2-5,7,10,12-13,16,25H,6,19H2,1H3,(H,31,32)(H2,28,29,30)(H2,20,22,23,26)/t10-,12-,13-,16-/m1/s1. The topological polar surface area (TPSA) is 271 Å². The van der Waals surface area contributed by atoms with Crippen molar-refractivity contribution >= 4 is 44.4 Å². The number of carbonyl (C=O) groups excluding carboxylic acids is 1. The van der Waals surface area contributed by atoms with Crippen LogP contribution in [0, 0.1) is 0 Å². The molecule has 1 aliphatic heterocycles. The number of benzene rings is 1. The van der Waals surface area contributed by atoms with Gasteiger partial charge in [-0.25, -0.2) is 18.9 Å². The summed E-state index contributed by atoms with van der Waals surface area (Å²) in [7, 11) is -9.25. The van der Waals surface area contributed by atoms with Gasteiger partial charge in [-0.1, -0.05) is 12.1 Å². The van der Waals surface area contributed by atoms with E-state index in [1.807, 2.05) is 0 Å². The molecule has 0 spiro atoms. The molecule has 20 heteroatoms. The Morgan fingerprint density at radius 1 is 1.29 bits per heavy atom. The van der Waals surface area contributed by atoms with Gasteiger partial charge in [0, 0.05) is 12.7 Å². The van der Waals surface area contributed by atoms with E-state index in [1.54, 1.807) is 6.07 Å². The largest absolute Gasteiger partial charge is 0.481 e. The predicted molar refractivity (Wildman–Crippen MR) is 127 cm³/mol. The van der Waals surface area contributed by atoms with Crippen LogP contribution in [0.3, 0.4) is 0 Å². The zero-order valence-electron chi connectivity index (χ0n) is 19.3. The van der Waals surface area contributed by atoms with Crippen LogP contribution in [0.15, 0.2) is 35.4 Å². The molecule has 1 unspecified atom stereocenters. The van der Waals surface area contributed by atoms with E-state index < -0.39 is 58.3 Å². The molecule has 0 amide bonds. The van der Waals surface area contributed by atoms with Gasteiger partial charge >= 0.3 is 21.6 Å². The summed E-state index contributed by atoms with van der Waals surface area (Å²) in [4.78, 5) is 63.0. The third kappa shape index (κ3) is 5.94. The zero-order chi connectivity index (χ0) is 27.8. The molecule has 18 nitrogen and oxygen atoms in total. The van der Waals surface area contributed by atoms with Gasteiger partial charge in [-0.3, -0.25) is 18.9 Å². The van der Waals surface area contributed by atoms with Crippen molar-refractivity contribution in [2.75, 3.05) is 24.7 Å². The van der Waals surface area contributed by atoms with Crippen molar-refractivity contribution in [3.63, 3.8) is 0 Å². The Labute approximate surface area is 212 Å². The van der Waals surface area contributed by atoms with Gasteiger partial charge in [-0.05, 0) is 12.1 Å². The number of hydrogen-bond donors (Lipinski definition) is 7. The smallest absolute Gasteiger partial charge is 0.453 e. The number of imidazole rings is 1. The van der Waals surface area contributed by atoms with Crippen molar-refractivity contribution in [1.82, 2.24) is 19.5 Å². The number of ether oxygens (including phenoxy) is 2. The number of aliphatic hydroxyl groups is 1. The van der Waals surface area contributed by atoms with Gasteiger partial charge in [0.2, 0.25) is 5.95 Å². The van der Waals surface area contributed by atoms with Gasteiger partial charge in [0.1, 0.15) is 12.2 Å². The quantitative estimate of drug-likeness (QED) is 0.0956. The van der Waals surface area contributed by atoms with E-state index in [2.05, 4.69) is 29.1 Å². The molecule has 1 aliphatic rings. The Morgan fingerprint density at radius 3 is 2.66 bits per heavy atom. The molecule has 0 bridgehead atoms. The number of para-hydroxylation sites is 1. The number of fused-ring (bicyclic) bond motifs is 1. The number of aliphatic hydroxyl groups excluding tert-OH is 1. The molecule has 1 aromatic carbocycles. The molecule has 8 N–H and O–H groups in total. The first-order valence-corrected chi connectivity index (χ1v) is 13.6. The molecular weight excluding hydrogens is 554 g/mol. The molecule has 3 aromatic rings. The van der Waals surface area contributed by atoms with Crippen LogP contribution in [-0.4, -0.2) is 77.2 Å². The van der Waals surface area contributed by atoms with E-state index in [4.69, 9.17) is 25.0 Å². The van der Waals surface area contributed by atoms with Gasteiger partial charge in [0.05, 0.1) is 18.5 Å². The van der Waals surface area contributed by atoms with Crippen LogP contribution in [0.25, 0.3) is 11.2 Å². The van der Waals surface area contributed by atoms with Crippen LogP contribution in [0.5, 0.6) is 0 Å². The van der Waals surface area contributed by atoms with Gasteiger partial charge < -0.3 is 40.3 Å². The van der Waals surface area contributed by atoms with Crippen LogP contribution in [0.2, 0.25) is 0 Å². The first-order chi connectivity index (χ1) is 17.8. The maximum Gasteiger partial charge on any atom is 0.481 e. The van der Waals surface area contributed by atoms with Crippen LogP contribution >= 0.6 is 15.6 Å². The summed E-state index contributed by atoms with van der Waals surface area (Å²) in [6, 6.07) is 5.88. The number of aromatic amines is 1. The average molecular weight is 576 g/mol. The van der Waals surface area contributed by atoms with Crippen molar-refractivity contribution < 1.29 is 52.0 Å². The van der Waals surface area contributed by atoms with Gasteiger partial charge in [-0.15, -0.1) is 0 Å². The van der Waals surface area contributed by atoms with Gasteiger partial charge in [0.25, 0.3) is 5.56 Å². The fraction of sp³-hybridized carbons (Fsp3) is 0.333. The molecule has 4 rings (SSSR count). The third-order valence-corrected chi connectivity index (χ3v) is 7.44. The lowest BCUT2D eigenvalue weighted by Crippen LogP contribution is -2.38. The Morgan fingerprint density at radius 2 is 2.00 bits per heavy atom. The number of H-pyrrole nitrogens is 1. The molecule has 5 atom stereocenters. The van der Waals surface area contributed by atoms with Crippen LogP contribution in [-0.2, 0) is 27.4 Å². The lowest BCUT2D eigenvalue weighted by molar-refractivity contribution is -0.0520. The number of aromatic nitrogens is 4. The SMILES string of the molecule is CNc1nc2c(ncn2[C@@H]2O[C@H](COP(=O)(O)OP(=O)(O)O)[C@@H](OC(=O)c3ccccc3N)[C@H]2O)c(=O)[nH]1. The maximum absolute atomic E-state index is 12.8. The minimum absolute atomic E-state index is 0.0289. The van der Waals surface area contributed by atoms with Crippen molar-refractivity contribution in [1.29, 1.82) is 0 Å². The second-order valence-corrected chi connectivity index (χ2v) is 10.7. The number of hydrogen-bond acceptors (Lipinski definition) is 13. The van der Waals surface area contributed by atoms with Gasteiger partial charge in [-0.2, -0.15) is 9.29 Å². The van der Waals surface area contributed by atoms with Crippen molar-refractivity contribution in [2.45, 2.75) is 24.5 Å². The minimum atomic E-state index is -5.42. The van der Waals surface area contributed by atoms with E-state index in [9.17, 15) is 28.7 Å². The highest BCUT2D eigenvalue weighted by Gasteiger charge is 2.49. The Hall–Kier alpha value is -3.18. The number of nitrogens with zero attached hydrogens (tertiary/aromatic N) is 3. The van der Waals surface area contributed by atoms with Crippen LogP contribution in [0.4, 0.5) is 11.6 Å². The van der Waals surface area contributed by atoms with E-state index in [-0.39, 0.29) is 28.4 Å². The highest BCUT2D eigenvalue weighted by Crippen LogP contribution is 2.57. The average Bonchev–Trinajstić information content (AvgIpc) is 3.38. The fourth-order valence-electron chi connectivity index (χ4n) is 3.66. The van der Waals surface area contributed by atoms with Crippen molar-refractivity contribution in [2.24, 2.45) is 0 Å². The number of esters is 1. The number of phosphoric ester groups is 1.